The minimum Gasteiger partial charge on any atom is -0.496 e. The van der Waals surface area contributed by atoms with Gasteiger partial charge in [0, 0.05) is 18.7 Å². The van der Waals surface area contributed by atoms with Crippen molar-refractivity contribution in [2.45, 2.75) is 19.9 Å². The molecule has 0 saturated carbocycles. The molecule has 19 heavy (non-hydrogen) atoms. The number of ether oxygens (including phenoxy) is 1. The number of hydrogen-bond acceptors (Lipinski definition) is 3. The molecule has 1 aliphatic rings. The number of benzene rings is 1. The number of carboxylic acids is 1. The number of hydrogen-bond donors (Lipinski definition) is 1. The minimum atomic E-state index is -0.777. The average molecular weight is 267 g/mol. The molecule has 1 aromatic carbocycles. The Balaban J connectivity index is 2.11. The number of aliphatic carboxylic acids is 1. The van der Waals surface area contributed by atoms with Crippen LogP contribution in [0.25, 0.3) is 0 Å². The van der Waals surface area contributed by atoms with E-state index in [9.17, 15) is 14.3 Å². The van der Waals surface area contributed by atoms with Gasteiger partial charge in [0.25, 0.3) is 0 Å². The summed E-state index contributed by atoms with van der Waals surface area (Å²) >= 11 is 0. The highest BCUT2D eigenvalue weighted by Crippen LogP contribution is 2.32. The van der Waals surface area contributed by atoms with Crippen molar-refractivity contribution >= 4 is 5.97 Å². The molecule has 1 heterocycles. The van der Waals surface area contributed by atoms with Gasteiger partial charge in [-0.1, -0.05) is 0 Å². The Hall–Kier alpha value is -1.62. The van der Waals surface area contributed by atoms with Gasteiger partial charge in [-0.3, -0.25) is 9.69 Å². The van der Waals surface area contributed by atoms with Crippen LogP contribution in [0.3, 0.4) is 0 Å². The summed E-state index contributed by atoms with van der Waals surface area (Å²) in [5.41, 5.74) is 0.0396. The van der Waals surface area contributed by atoms with Crippen LogP contribution in [0.4, 0.5) is 4.39 Å². The van der Waals surface area contributed by atoms with Gasteiger partial charge in [-0.25, -0.2) is 4.39 Å². The van der Waals surface area contributed by atoms with Gasteiger partial charge < -0.3 is 9.84 Å². The lowest BCUT2D eigenvalue weighted by atomic mass is 9.90. The third-order valence-corrected chi connectivity index (χ3v) is 3.71. The van der Waals surface area contributed by atoms with Crippen LogP contribution in [-0.2, 0) is 11.3 Å². The van der Waals surface area contributed by atoms with E-state index < -0.39 is 11.4 Å². The fraction of sp³-hybridized carbons (Fsp3) is 0.500. The fourth-order valence-electron chi connectivity index (χ4n) is 2.48. The maximum Gasteiger partial charge on any atom is 0.310 e. The number of likely N-dealkylation sites (tertiary alicyclic amines) is 1. The number of nitrogens with zero attached hydrogens (tertiary/aromatic N) is 1. The second kappa shape index (κ2) is 5.17. The molecule has 1 fully saturated rings. The van der Waals surface area contributed by atoms with Crippen LogP contribution in [0.15, 0.2) is 18.2 Å². The molecule has 0 amide bonds. The number of halogens is 1. The van der Waals surface area contributed by atoms with Gasteiger partial charge in [0.05, 0.1) is 12.5 Å². The standard InChI is InChI=1S/C14H18FNO3/c1-14(13(17)18)5-6-16(9-14)8-10-7-11(15)3-4-12(10)19-2/h3-4,7H,5-6,8-9H2,1-2H3,(H,17,18). The summed E-state index contributed by atoms with van der Waals surface area (Å²) in [6.45, 7) is 3.42. The van der Waals surface area contributed by atoms with Crippen LogP contribution in [0.2, 0.25) is 0 Å². The molecule has 0 spiro atoms. The Bertz CT molecular complexity index is 492. The lowest BCUT2D eigenvalue weighted by Gasteiger charge is -2.21. The first kappa shape index (κ1) is 13.8. The molecule has 5 heteroatoms. The Morgan fingerprint density at radius 2 is 2.32 bits per heavy atom. The van der Waals surface area contributed by atoms with E-state index >= 15 is 0 Å². The van der Waals surface area contributed by atoms with Crippen molar-refractivity contribution in [2.24, 2.45) is 5.41 Å². The van der Waals surface area contributed by atoms with E-state index in [1.807, 2.05) is 4.90 Å². The molecule has 1 saturated heterocycles. The summed E-state index contributed by atoms with van der Waals surface area (Å²) < 4.78 is 18.5. The van der Waals surface area contributed by atoms with E-state index in [0.29, 0.717) is 31.8 Å². The number of carboxylic acid groups (broad SMARTS) is 1. The lowest BCUT2D eigenvalue weighted by molar-refractivity contribution is -0.147. The quantitative estimate of drug-likeness (QED) is 0.908. The van der Waals surface area contributed by atoms with Crippen molar-refractivity contribution in [3.63, 3.8) is 0 Å². The molecule has 0 bridgehead atoms. The van der Waals surface area contributed by atoms with E-state index in [1.54, 1.807) is 20.1 Å². The number of methoxy groups -OCH3 is 1. The summed E-state index contributed by atoms with van der Waals surface area (Å²) in [5.74, 6) is -0.456. The third kappa shape index (κ3) is 2.87. The molecule has 4 nitrogen and oxygen atoms in total. The smallest absolute Gasteiger partial charge is 0.310 e. The van der Waals surface area contributed by atoms with E-state index in [1.165, 1.54) is 12.1 Å². The van der Waals surface area contributed by atoms with Crippen LogP contribution < -0.4 is 4.74 Å². The molecular weight excluding hydrogens is 249 g/mol. The first-order valence-corrected chi connectivity index (χ1v) is 6.23. The summed E-state index contributed by atoms with van der Waals surface area (Å²) in [7, 11) is 1.54. The highest BCUT2D eigenvalue weighted by atomic mass is 19.1. The van der Waals surface area contributed by atoms with Crippen LogP contribution in [-0.4, -0.2) is 36.2 Å². The van der Waals surface area contributed by atoms with Crippen molar-refractivity contribution in [1.29, 1.82) is 0 Å². The highest BCUT2D eigenvalue weighted by Gasteiger charge is 2.40. The molecule has 1 aromatic rings. The highest BCUT2D eigenvalue weighted by molar-refractivity contribution is 5.74. The maximum absolute atomic E-state index is 13.3. The molecule has 0 radical (unpaired) electrons. The van der Waals surface area contributed by atoms with Gasteiger partial charge in [0.15, 0.2) is 0 Å². The summed E-state index contributed by atoms with van der Waals surface area (Å²) in [5, 5.41) is 9.19. The first-order chi connectivity index (χ1) is 8.94. The van der Waals surface area contributed by atoms with Crippen LogP contribution >= 0.6 is 0 Å². The van der Waals surface area contributed by atoms with Gasteiger partial charge >= 0.3 is 5.97 Å². The van der Waals surface area contributed by atoms with Crippen molar-refractivity contribution in [3.8, 4) is 5.75 Å². The topological polar surface area (TPSA) is 49.8 Å². The van der Waals surface area contributed by atoms with Crippen molar-refractivity contribution < 1.29 is 19.0 Å². The molecule has 1 N–H and O–H groups in total. The van der Waals surface area contributed by atoms with E-state index in [2.05, 4.69) is 0 Å². The molecule has 1 atom stereocenters. The minimum absolute atomic E-state index is 0.309. The molecular formula is C14H18FNO3. The van der Waals surface area contributed by atoms with Crippen molar-refractivity contribution in [2.75, 3.05) is 20.2 Å². The van der Waals surface area contributed by atoms with Crippen molar-refractivity contribution in [1.82, 2.24) is 4.90 Å². The summed E-state index contributed by atoms with van der Waals surface area (Å²) in [4.78, 5) is 13.2. The molecule has 0 aromatic heterocycles. The van der Waals surface area contributed by atoms with Crippen LogP contribution in [0.1, 0.15) is 18.9 Å². The van der Waals surface area contributed by atoms with Crippen molar-refractivity contribution in [3.05, 3.63) is 29.6 Å². The third-order valence-electron chi connectivity index (χ3n) is 3.71. The second-order valence-corrected chi connectivity index (χ2v) is 5.28. The predicted molar refractivity (Wildman–Crippen MR) is 68.6 cm³/mol. The largest absolute Gasteiger partial charge is 0.496 e. The molecule has 1 aliphatic heterocycles. The zero-order valence-electron chi connectivity index (χ0n) is 11.1. The zero-order valence-corrected chi connectivity index (χ0v) is 11.1. The number of carbonyl (C=O) groups is 1. The molecule has 1 unspecified atom stereocenters. The Kier molecular flexibility index (Phi) is 3.75. The monoisotopic (exact) mass is 267 g/mol. The van der Waals surface area contributed by atoms with Gasteiger partial charge in [-0.2, -0.15) is 0 Å². The van der Waals surface area contributed by atoms with Gasteiger partial charge in [0.2, 0.25) is 0 Å². The van der Waals surface area contributed by atoms with E-state index in [4.69, 9.17) is 4.74 Å². The Morgan fingerprint density at radius 3 is 2.89 bits per heavy atom. The maximum atomic E-state index is 13.3. The van der Waals surface area contributed by atoms with Crippen LogP contribution in [0, 0.1) is 11.2 Å². The summed E-state index contributed by atoms with van der Waals surface area (Å²) in [6, 6.07) is 4.39. The van der Waals surface area contributed by atoms with Gasteiger partial charge in [0.1, 0.15) is 11.6 Å². The predicted octanol–water partition coefficient (Wildman–Crippen LogP) is 2.13. The number of rotatable bonds is 4. The summed E-state index contributed by atoms with van der Waals surface area (Å²) in [6.07, 6.45) is 0.611. The fourth-order valence-corrected chi connectivity index (χ4v) is 2.48. The van der Waals surface area contributed by atoms with E-state index in [-0.39, 0.29) is 5.82 Å². The second-order valence-electron chi connectivity index (χ2n) is 5.28. The molecule has 0 aliphatic carbocycles. The lowest BCUT2D eigenvalue weighted by Crippen LogP contribution is -2.31. The Morgan fingerprint density at radius 1 is 1.58 bits per heavy atom. The molecule has 104 valence electrons. The first-order valence-electron chi connectivity index (χ1n) is 6.23. The van der Waals surface area contributed by atoms with Gasteiger partial charge in [-0.05, 0) is 38.1 Å². The normalized spacial score (nSPS) is 23.5. The molecule has 2 rings (SSSR count). The SMILES string of the molecule is COc1ccc(F)cc1CN1CCC(C)(C(=O)O)C1. The Labute approximate surface area is 111 Å². The van der Waals surface area contributed by atoms with Gasteiger partial charge in [-0.15, -0.1) is 0 Å². The average Bonchev–Trinajstić information content (AvgIpc) is 2.73. The zero-order chi connectivity index (χ0) is 14.0. The van der Waals surface area contributed by atoms with Crippen LogP contribution in [0.5, 0.6) is 5.75 Å². The van der Waals surface area contributed by atoms with E-state index in [0.717, 1.165) is 5.56 Å².